The first-order valence-electron chi connectivity index (χ1n) is 11.6. The minimum absolute atomic E-state index is 0.00531. The fourth-order valence-corrected chi connectivity index (χ4v) is 4.59. The zero-order valence-corrected chi connectivity index (χ0v) is 20.8. The Bertz CT molecular complexity index is 1260. The summed E-state index contributed by atoms with van der Waals surface area (Å²) in [5.74, 6) is -1.57. The Labute approximate surface area is 212 Å². The third-order valence-electron chi connectivity index (χ3n) is 6.13. The Morgan fingerprint density at radius 1 is 1.25 bits per heavy atom. The van der Waals surface area contributed by atoms with E-state index in [1.165, 1.54) is 23.1 Å². The average molecular weight is 516 g/mol. The molecule has 190 valence electrons. The molecule has 2 aromatic carbocycles. The van der Waals surface area contributed by atoms with Gasteiger partial charge in [-0.1, -0.05) is 54.9 Å². The highest BCUT2D eigenvalue weighted by molar-refractivity contribution is 6.32. The molecule has 1 fully saturated rings. The monoisotopic (exact) mass is 515 g/mol. The van der Waals surface area contributed by atoms with Crippen molar-refractivity contribution >= 4 is 23.4 Å². The molecule has 10 heteroatoms. The minimum Gasteiger partial charge on any atom is -0.391 e. The summed E-state index contributed by atoms with van der Waals surface area (Å²) >= 11 is 6.30. The number of nitrogens with zero attached hydrogens (tertiary/aromatic N) is 2. The quantitative estimate of drug-likeness (QED) is 0.456. The molecule has 2 amide bonds. The molecule has 0 aliphatic carbocycles. The minimum atomic E-state index is -0.950. The lowest BCUT2D eigenvalue weighted by Gasteiger charge is -2.28. The molecule has 0 radical (unpaired) electrons. The van der Waals surface area contributed by atoms with Crippen molar-refractivity contribution < 1.29 is 28.4 Å². The van der Waals surface area contributed by atoms with E-state index in [0.717, 1.165) is 0 Å². The van der Waals surface area contributed by atoms with Crippen molar-refractivity contribution in [1.82, 2.24) is 15.5 Å². The van der Waals surface area contributed by atoms with Gasteiger partial charge in [-0.3, -0.25) is 9.59 Å². The van der Waals surface area contributed by atoms with E-state index in [2.05, 4.69) is 10.6 Å². The highest BCUT2D eigenvalue weighted by Gasteiger charge is 2.43. The molecule has 4 rings (SSSR count). The van der Waals surface area contributed by atoms with E-state index in [1.54, 1.807) is 37.3 Å². The molecule has 36 heavy (non-hydrogen) atoms. The number of rotatable bonds is 7. The van der Waals surface area contributed by atoms with Crippen LogP contribution in [0.4, 0.5) is 4.39 Å². The molecule has 0 bridgehead atoms. The number of hydroxylamine groups is 1. The lowest BCUT2D eigenvalue weighted by Crippen LogP contribution is -2.48. The smallest absolute Gasteiger partial charge is 0.275 e. The van der Waals surface area contributed by atoms with Gasteiger partial charge in [0.1, 0.15) is 23.5 Å². The number of halogens is 2. The van der Waals surface area contributed by atoms with Crippen LogP contribution in [0.1, 0.15) is 37.6 Å². The van der Waals surface area contributed by atoms with Gasteiger partial charge in [0.25, 0.3) is 5.91 Å². The van der Waals surface area contributed by atoms with Gasteiger partial charge in [0.2, 0.25) is 5.91 Å². The molecule has 8 nitrogen and oxygen atoms in total. The first kappa shape index (κ1) is 25.7. The van der Waals surface area contributed by atoms with Gasteiger partial charge in [-0.05, 0) is 36.6 Å². The molecule has 2 heterocycles. The van der Waals surface area contributed by atoms with Crippen molar-refractivity contribution in [2.24, 2.45) is 5.92 Å². The molecule has 1 aliphatic heterocycles. The Kier molecular flexibility index (Phi) is 7.61. The fraction of sp³-hybridized carbons (Fsp3) is 0.346. The summed E-state index contributed by atoms with van der Waals surface area (Å²) in [6, 6.07) is 11.7. The van der Waals surface area contributed by atoms with Crippen LogP contribution in [0.2, 0.25) is 5.02 Å². The van der Waals surface area contributed by atoms with Gasteiger partial charge in [0.05, 0.1) is 16.8 Å². The highest BCUT2D eigenvalue weighted by Crippen LogP contribution is 2.33. The second-order valence-corrected chi connectivity index (χ2v) is 9.59. The molecular weight excluding hydrogens is 489 g/mol. The van der Waals surface area contributed by atoms with Crippen molar-refractivity contribution in [3.05, 3.63) is 70.8 Å². The number of β-amino-alcohol motifs (C(OH)–C–C–N with tert-alkyl or cyclic N) is 1. The lowest BCUT2D eigenvalue weighted by atomic mass is 9.91. The number of carbonyl (C=O) groups is 2. The summed E-state index contributed by atoms with van der Waals surface area (Å²) in [5, 5.41) is 14.3. The van der Waals surface area contributed by atoms with Gasteiger partial charge in [0, 0.05) is 24.6 Å². The number of hydrogen-bond acceptors (Lipinski definition) is 6. The Morgan fingerprint density at radius 2 is 2.00 bits per heavy atom. The van der Waals surface area contributed by atoms with Crippen LogP contribution in [-0.2, 0) is 9.59 Å². The summed E-state index contributed by atoms with van der Waals surface area (Å²) in [4.78, 5) is 33.2. The third-order valence-corrected chi connectivity index (χ3v) is 6.42. The molecule has 0 saturated carbocycles. The number of aryl methyl sites for hydroxylation is 1. The molecule has 2 N–H and O–H groups in total. The van der Waals surface area contributed by atoms with Crippen LogP contribution in [0.15, 0.2) is 53.1 Å². The second-order valence-electron chi connectivity index (χ2n) is 9.18. The topological polar surface area (TPSA) is 105 Å². The summed E-state index contributed by atoms with van der Waals surface area (Å²) in [7, 11) is 0. The van der Waals surface area contributed by atoms with E-state index in [1.807, 2.05) is 13.8 Å². The maximum absolute atomic E-state index is 14.1. The molecule has 1 aromatic heterocycles. The predicted octanol–water partition coefficient (Wildman–Crippen LogP) is 4.25. The lowest BCUT2D eigenvalue weighted by molar-refractivity contribution is -0.143. The number of hydrogen-bond donors (Lipinski definition) is 2. The molecule has 1 saturated heterocycles. The van der Waals surface area contributed by atoms with Crippen LogP contribution in [0.5, 0.6) is 5.75 Å². The van der Waals surface area contributed by atoms with E-state index < -0.39 is 24.0 Å². The zero-order valence-electron chi connectivity index (χ0n) is 20.1. The van der Waals surface area contributed by atoms with Gasteiger partial charge in [-0.2, -0.15) is 5.48 Å². The van der Waals surface area contributed by atoms with Crippen molar-refractivity contribution in [1.29, 1.82) is 0 Å². The largest absolute Gasteiger partial charge is 0.391 e. The van der Waals surface area contributed by atoms with E-state index in [0.29, 0.717) is 22.6 Å². The third kappa shape index (κ3) is 5.37. The van der Waals surface area contributed by atoms with Crippen LogP contribution in [-0.4, -0.2) is 45.7 Å². The van der Waals surface area contributed by atoms with Crippen molar-refractivity contribution in [2.75, 3.05) is 6.54 Å². The van der Waals surface area contributed by atoms with Crippen LogP contribution in [0.3, 0.4) is 0 Å². The van der Waals surface area contributed by atoms with E-state index in [9.17, 15) is 19.1 Å². The second kappa shape index (κ2) is 10.7. The molecule has 1 aliphatic rings. The molecule has 0 spiro atoms. The van der Waals surface area contributed by atoms with Crippen LogP contribution < -0.4 is 10.3 Å². The number of aliphatic hydroxyl groups is 1. The van der Waals surface area contributed by atoms with Gasteiger partial charge >= 0.3 is 0 Å². The van der Waals surface area contributed by atoms with Crippen LogP contribution in [0, 0.1) is 18.7 Å². The van der Waals surface area contributed by atoms with Crippen molar-refractivity contribution in [3.63, 3.8) is 0 Å². The van der Waals surface area contributed by atoms with Crippen molar-refractivity contribution in [2.45, 2.75) is 45.3 Å². The van der Waals surface area contributed by atoms with Crippen LogP contribution in [0.25, 0.3) is 11.1 Å². The normalized spacial score (nSPS) is 18.4. The maximum atomic E-state index is 14.1. The van der Waals surface area contributed by atoms with Gasteiger partial charge in [0.15, 0.2) is 5.75 Å². The SMILES string of the molecule is Cc1cc(C(C(=O)N2CC(O)CC2C(=O)NOc2ccc(-c3ccccc3F)cc2Cl)C(C)C)on1. The molecule has 3 atom stereocenters. The molecule has 3 aromatic rings. The number of nitrogens with one attached hydrogen (secondary N) is 1. The summed E-state index contributed by atoms with van der Waals surface area (Å²) < 4.78 is 19.4. The average Bonchev–Trinajstić information content (AvgIpc) is 3.43. The Balaban J connectivity index is 1.47. The summed E-state index contributed by atoms with van der Waals surface area (Å²) in [5.41, 5.74) is 3.91. The predicted molar refractivity (Wildman–Crippen MR) is 131 cm³/mol. The number of likely N-dealkylation sites (tertiary alicyclic amines) is 1. The standard InChI is InChI=1S/C26H27ClFN3O5/c1-14(2)24(23-10-15(3)29-36-23)26(34)31-13-17(32)12-21(31)25(33)30-35-22-9-8-16(11-19(22)27)18-6-4-5-7-20(18)28/h4-11,14,17,21,24,32H,12-13H2,1-3H3,(H,30,33). The maximum Gasteiger partial charge on any atom is 0.275 e. The summed E-state index contributed by atoms with van der Waals surface area (Å²) in [6.45, 7) is 5.51. The van der Waals surface area contributed by atoms with Crippen molar-refractivity contribution in [3.8, 4) is 16.9 Å². The first-order valence-corrected chi connectivity index (χ1v) is 12.0. The summed E-state index contributed by atoms with van der Waals surface area (Å²) in [6.07, 6.45) is -0.807. The Morgan fingerprint density at radius 3 is 2.64 bits per heavy atom. The number of benzene rings is 2. The van der Waals surface area contributed by atoms with E-state index in [4.69, 9.17) is 21.0 Å². The highest BCUT2D eigenvalue weighted by atomic mass is 35.5. The Hall–Kier alpha value is -3.43. The van der Waals surface area contributed by atoms with E-state index in [-0.39, 0.29) is 41.4 Å². The molecule has 3 unspecified atom stereocenters. The van der Waals surface area contributed by atoms with Gasteiger partial charge in [-0.25, -0.2) is 4.39 Å². The van der Waals surface area contributed by atoms with E-state index >= 15 is 0 Å². The van der Waals surface area contributed by atoms with Gasteiger partial charge in [-0.15, -0.1) is 0 Å². The van der Waals surface area contributed by atoms with Gasteiger partial charge < -0.3 is 19.4 Å². The van der Waals surface area contributed by atoms with Crippen LogP contribution >= 0.6 is 11.6 Å². The fourth-order valence-electron chi connectivity index (χ4n) is 4.37. The number of amides is 2. The zero-order chi connectivity index (χ0) is 26.0. The molecular formula is C26H27ClFN3O5. The number of carbonyl (C=O) groups excluding carboxylic acids is 2. The number of aromatic nitrogens is 1. The first-order chi connectivity index (χ1) is 17.2. The number of aliphatic hydroxyl groups excluding tert-OH is 1.